The summed E-state index contributed by atoms with van der Waals surface area (Å²) in [4.78, 5) is 0. The van der Waals surface area contributed by atoms with Crippen LogP contribution in [-0.4, -0.2) is 168 Å². The molecule has 0 radical (unpaired) electrons. The molecule has 11 N–H and O–H groups in total. The third kappa shape index (κ3) is 5.23. The fourth-order valence-corrected chi connectivity index (χ4v) is 4.02. The Morgan fingerprint density at radius 2 is 1.24 bits per heavy atom. The Balaban J connectivity index is 1.63. The molecule has 200 valence electrons. The van der Waals surface area contributed by atoms with Crippen molar-refractivity contribution in [3.8, 4) is 0 Å². The van der Waals surface area contributed by atoms with Crippen molar-refractivity contribution < 1.29 is 79.9 Å². The van der Waals surface area contributed by atoms with Gasteiger partial charge in [0.2, 0.25) is 5.79 Å². The van der Waals surface area contributed by atoms with Crippen LogP contribution in [0.3, 0.4) is 0 Å². The first-order chi connectivity index (χ1) is 16.0. The smallest absolute Gasteiger partial charge is 0.219 e. The van der Waals surface area contributed by atoms with Gasteiger partial charge >= 0.3 is 0 Å². The Hall–Kier alpha value is -0.640. The van der Waals surface area contributed by atoms with Crippen molar-refractivity contribution in [2.45, 2.75) is 85.5 Å². The number of aliphatic hydroxyl groups excluding tert-OH is 10. The predicted molar refractivity (Wildman–Crippen MR) is 101 cm³/mol. The third-order valence-electron chi connectivity index (χ3n) is 6.13. The number of ether oxygens (including phenoxy) is 5. The number of rotatable bonds is 8. The molecule has 34 heavy (non-hydrogen) atoms. The number of aliphatic hydroxyl groups is 11. The lowest BCUT2D eigenvalue weighted by molar-refractivity contribution is -0.361. The minimum atomic E-state index is -2.43. The highest BCUT2D eigenvalue weighted by molar-refractivity contribution is 4.97. The molecule has 0 amide bonds. The standard InChI is InChI=1S/C18H32O16/c19-1-5-8(22)10(24)12(26)17(31-5)33-14-6(2-20)32-16(13(27)11(14)25)30-3-7-9(23)15(28)18(29,4-21)34-7/h5-17,19-29H,1-4H2/t5-,6-,7-,8+,9-,10+,11-,12-,13-,14+,15+,16-,17-,18+/m1/s1. The van der Waals surface area contributed by atoms with E-state index in [1.165, 1.54) is 0 Å². The van der Waals surface area contributed by atoms with Crippen molar-refractivity contribution >= 4 is 0 Å². The van der Waals surface area contributed by atoms with Crippen LogP contribution >= 0.6 is 0 Å². The first-order valence-corrected chi connectivity index (χ1v) is 10.6. The zero-order valence-corrected chi connectivity index (χ0v) is 17.8. The van der Waals surface area contributed by atoms with Gasteiger partial charge in [-0.2, -0.15) is 0 Å². The van der Waals surface area contributed by atoms with Crippen LogP contribution < -0.4 is 0 Å². The molecule has 0 bridgehead atoms. The lowest BCUT2D eigenvalue weighted by atomic mass is 9.97. The maximum Gasteiger partial charge on any atom is 0.219 e. The van der Waals surface area contributed by atoms with Gasteiger partial charge in [0.05, 0.1) is 26.4 Å². The topological polar surface area (TPSA) is 269 Å². The van der Waals surface area contributed by atoms with Gasteiger partial charge in [-0.3, -0.25) is 0 Å². The molecule has 14 atom stereocenters. The minimum absolute atomic E-state index is 0.578. The largest absolute Gasteiger partial charge is 0.394 e. The number of hydrogen-bond acceptors (Lipinski definition) is 16. The van der Waals surface area contributed by atoms with Crippen molar-refractivity contribution in [2.75, 3.05) is 26.4 Å². The van der Waals surface area contributed by atoms with Crippen LogP contribution in [0.5, 0.6) is 0 Å². The van der Waals surface area contributed by atoms with Gasteiger partial charge in [0, 0.05) is 0 Å². The van der Waals surface area contributed by atoms with Gasteiger partial charge in [-0.15, -0.1) is 0 Å². The summed E-state index contributed by atoms with van der Waals surface area (Å²) in [6.45, 7) is -3.11. The van der Waals surface area contributed by atoms with Crippen molar-refractivity contribution in [3.63, 3.8) is 0 Å². The normalized spacial score (nSPS) is 52.1. The second-order valence-electron chi connectivity index (χ2n) is 8.43. The van der Waals surface area contributed by atoms with Crippen molar-refractivity contribution in [1.82, 2.24) is 0 Å². The van der Waals surface area contributed by atoms with E-state index in [1.807, 2.05) is 0 Å². The minimum Gasteiger partial charge on any atom is -0.394 e. The van der Waals surface area contributed by atoms with E-state index in [0.717, 1.165) is 0 Å². The lowest BCUT2D eigenvalue weighted by Gasteiger charge is -2.46. The molecule has 3 saturated heterocycles. The van der Waals surface area contributed by atoms with Gasteiger partial charge in [0.1, 0.15) is 67.1 Å². The SMILES string of the molecule is OC[C@H]1O[C@H](O[C@@H]2[C@H](O)[C@@H](O)[C@H](OC[C@H]3O[C@@](O)(CO)[C@@H](O)[C@@H]3O)O[C@@H]2CO)[C@H](O)[C@@H](O)[C@H]1O. The quantitative estimate of drug-likeness (QED) is 0.146. The molecule has 0 spiro atoms. The summed E-state index contributed by atoms with van der Waals surface area (Å²) in [7, 11) is 0. The van der Waals surface area contributed by atoms with Gasteiger partial charge in [-0.05, 0) is 0 Å². The molecule has 3 rings (SSSR count). The highest BCUT2D eigenvalue weighted by Gasteiger charge is 2.54. The first kappa shape index (κ1) is 27.9. The van der Waals surface area contributed by atoms with E-state index in [0.29, 0.717) is 0 Å². The van der Waals surface area contributed by atoms with E-state index in [1.54, 1.807) is 0 Å². The molecule has 0 aromatic rings. The van der Waals surface area contributed by atoms with Gasteiger partial charge in [-0.1, -0.05) is 0 Å². The van der Waals surface area contributed by atoms with Crippen LogP contribution in [0.15, 0.2) is 0 Å². The molecule has 0 unspecified atom stereocenters. The molecule has 0 saturated carbocycles. The lowest BCUT2D eigenvalue weighted by Crippen LogP contribution is -2.64. The monoisotopic (exact) mass is 504 g/mol. The fraction of sp³-hybridized carbons (Fsp3) is 1.00. The van der Waals surface area contributed by atoms with E-state index in [-0.39, 0.29) is 0 Å². The predicted octanol–water partition coefficient (Wildman–Crippen LogP) is -7.57. The Kier molecular flexibility index (Phi) is 9.18. The molecular formula is C18H32O16. The summed E-state index contributed by atoms with van der Waals surface area (Å²) in [5.41, 5.74) is 0. The fourth-order valence-electron chi connectivity index (χ4n) is 4.02. The van der Waals surface area contributed by atoms with Crippen LogP contribution in [-0.2, 0) is 23.7 Å². The summed E-state index contributed by atoms with van der Waals surface area (Å²) in [6.07, 6.45) is -21.2. The molecule has 0 aromatic heterocycles. The molecule has 3 heterocycles. The summed E-state index contributed by atoms with van der Waals surface area (Å²) in [6, 6.07) is 0. The molecule has 0 aromatic carbocycles. The van der Waals surface area contributed by atoms with Gasteiger partial charge in [0.25, 0.3) is 0 Å². The average molecular weight is 504 g/mol. The molecular weight excluding hydrogens is 472 g/mol. The Labute approximate surface area is 192 Å². The van der Waals surface area contributed by atoms with Crippen LogP contribution in [0.2, 0.25) is 0 Å². The van der Waals surface area contributed by atoms with E-state index in [2.05, 4.69) is 0 Å². The van der Waals surface area contributed by atoms with Gasteiger partial charge in [-0.25, -0.2) is 0 Å². The van der Waals surface area contributed by atoms with Gasteiger partial charge < -0.3 is 79.9 Å². The van der Waals surface area contributed by atoms with Crippen LogP contribution in [0.1, 0.15) is 0 Å². The molecule has 3 aliphatic rings. The van der Waals surface area contributed by atoms with Crippen LogP contribution in [0, 0.1) is 0 Å². The molecule has 3 aliphatic heterocycles. The summed E-state index contributed by atoms with van der Waals surface area (Å²) in [5, 5.41) is 109. The van der Waals surface area contributed by atoms with Crippen LogP contribution in [0.4, 0.5) is 0 Å². The third-order valence-corrected chi connectivity index (χ3v) is 6.13. The summed E-state index contributed by atoms with van der Waals surface area (Å²) >= 11 is 0. The zero-order valence-electron chi connectivity index (χ0n) is 17.8. The van der Waals surface area contributed by atoms with E-state index in [4.69, 9.17) is 28.8 Å². The highest BCUT2D eigenvalue weighted by atomic mass is 16.7. The average Bonchev–Trinajstić information content (AvgIpc) is 3.05. The molecule has 16 nitrogen and oxygen atoms in total. The molecule has 3 fully saturated rings. The second kappa shape index (κ2) is 11.2. The van der Waals surface area contributed by atoms with E-state index < -0.39 is 112 Å². The van der Waals surface area contributed by atoms with E-state index >= 15 is 0 Å². The summed E-state index contributed by atoms with van der Waals surface area (Å²) < 4.78 is 26.3. The van der Waals surface area contributed by atoms with Crippen molar-refractivity contribution in [3.05, 3.63) is 0 Å². The Morgan fingerprint density at radius 1 is 0.647 bits per heavy atom. The second-order valence-corrected chi connectivity index (χ2v) is 8.43. The van der Waals surface area contributed by atoms with Gasteiger partial charge in [0.15, 0.2) is 12.6 Å². The number of hydrogen-bond donors (Lipinski definition) is 11. The maximum absolute atomic E-state index is 10.5. The Morgan fingerprint density at radius 3 is 1.79 bits per heavy atom. The van der Waals surface area contributed by atoms with E-state index in [9.17, 15) is 51.1 Å². The summed E-state index contributed by atoms with van der Waals surface area (Å²) in [5.74, 6) is -2.43. The first-order valence-electron chi connectivity index (χ1n) is 10.6. The molecule has 0 aliphatic carbocycles. The zero-order chi connectivity index (χ0) is 25.4. The highest BCUT2D eigenvalue weighted by Crippen LogP contribution is 2.32. The van der Waals surface area contributed by atoms with Crippen LogP contribution in [0.25, 0.3) is 0 Å². The maximum atomic E-state index is 10.5. The van der Waals surface area contributed by atoms with Crippen molar-refractivity contribution in [1.29, 1.82) is 0 Å². The molecule has 16 heteroatoms. The van der Waals surface area contributed by atoms with Crippen molar-refractivity contribution in [2.24, 2.45) is 0 Å². The Bertz CT molecular complexity index is 651.